The third kappa shape index (κ3) is 3.93. The number of amides is 1. The molecule has 0 aliphatic carbocycles. The molecule has 20 heavy (non-hydrogen) atoms. The zero-order valence-electron chi connectivity index (χ0n) is 11.4. The molecule has 1 amide bonds. The van der Waals surface area contributed by atoms with E-state index >= 15 is 0 Å². The van der Waals surface area contributed by atoms with Gasteiger partial charge in [0.2, 0.25) is 0 Å². The molecule has 1 fully saturated rings. The zero-order valence-corrected chi connectivity index (χ0v) is 12.2. The molecule has 0 spiro atoms. The number of aromatic nitrogens is 1. The molecule has 6 nitrogen and oxygen atoms in total. The first-order valence-electron chi connectivity index (χ1n) is 6.69. The van der Waals surface area contributed by atoms with E-state index in [1.165, 1.54) is 0 Å². The van der Waals surface area contributed by atoms with Crippen LogP contribution in [0.15, 0.2) is 18.2 Å². The molecule has 1 unspecified atom stereocenters. The Morgan fingerprint density at radius 1 is 1.45 bits per heavy atom. The number of rotatable bonds is 5. The number of hydrogen-bond acceptors (Lipinski definition) is 5. The lowest BCUT2D eigenvalue weighted by atomic mass is 10.1. The predicted molar refractivity (Wildman–Crippen MR) is 77.5 cm³/mol. The smallest absolute Gasteiger partial charge is 0.269 e. The standard InChI is InChI=1S/C13H19N3O3S/c1-2-14-12-5-3-4-11(16-12)13(17)15-8-10-6-7-20(18,19)9-10/h3-5,10H,2,6-9H2,1H3,(H,14,16)(H,15,17). The molecule has 0 saturated carbocycles. The molecule has 0 radical (unpaired) electrons. The lowest BCUT2D eigenvalue weighted by Crippen LogP contribution is -2.30. The number of nitrogens with one attached hydrogen (secondary N) is 2. The SMILES string of the molecule is CCNc1cccc(C(=O)NCC2CCS(=O)(=O)C2)n1. The first-order chi connectivity index (χ1) is 9.50. The quantitative estimate of drug-likeness (QED) is 0.834. The van der Waals surface area contributed by atoms with Crippen molar-refractivity contribution >= 4 is 21.6 Å². The van der Waals surface area contributed by atoms with Gasteiger partial charge in [0.25, 0.3) is 5.91 Å². The Hall–Kier alpha value is -1.63. The molecule has 2 heterocycles. The van der Waals surface area contributed by atoms with Gasteiger partial charge < -0.3 is 10.6 Å². The molecular formula is C13H19N3O3S. The van der Waals surface area contributed by atoms with Gasteiger partial charge in [-0.2, -0.15) is 0 Å². The highest BCUT2D eigenvalue weighted by Gasteiger charge is 2.28. The second-order valence-electron chi connectivity index (χ2n) is 4.92. The van der Waals surface area contributed by atoms with E-state index in [2.05, 4.69) is 15.6 Å². The van der Waals surface area contributed by atoms with E-state index in [9.17, 15) is 13.2 Å². The zero-order chi connectivity index (χ0) is 14.6. The Morgan fingerprint density at radius 3 is 2.90 bits per heavy atom. The van der Waals surface area contributed by atoms with Crippen LogP contribution in [-0.2, 0) is 9.84 Å². The molecule has 1 aromatic heterocycles. The van der Waals surface area contributed by atoms with Crippen LogP contribution in [0, 0.1) is 5.92 Å². The molecule has 1 aromatic rings. The summed E-state index contributed by atoms with van der Waals surface area (Å²) in [6.07, 6.45) is 0.619. The highest BCUT2D eigenvalue weighted by Crippen LogP contribution is 2.17. The van der Waals surface area contributed by atoms with Gasteiger partial charge in [0, 0.05) is 13.1 Å². The van der Waals surface area contributed by atoms with Crippen molar-refractivity contribution in [2.45, 2.75) is 13.3 Å². The van der Waals surface area contributed by atoms with Crippen LogP contribution in [0.25, 0.3) is 0 Å². The van der Waals surface area contributed by atoms with Gasteiger partial charge in [0.15, 0.2) is 9.84 Å². The van der Waals surface area contributed by atoms with Crippen LogP contribution >= 0.6 is 0 Å². The van der Waals surface area contributed by atoms with Gasteiger partial charge in [-0.25, -0.2) is 13.4 Å². The van der Waals surface area contributed by atoms with Gasteiger partial charge in [-0.15, -0.1) is 0 Å². The van der Waals surface area contributed by atoms with E-state index in [0.717, 1.165) is 6.54 Å². The Labute approximate surface area is 118 Å². The maximum atomic E-state index is 12.0. The summed E-state index contributed by atoms with van der Waals surface area (Å²) < 4.78 is 22.7. The van der Waals surface area contributed by atoms with Gasteiger partial charge in [-0.05, 0) is 31.4 Å². The number of carbonyl (C=O) groups is 1. The monoisotopic (exact) mass is 297 g/mol. The molecule has 0 aromatic carbocycles. The maximum absolute atomic E-state index is 12.0. The number of sulfone groups is 1. The fourth-order valence-corrected chi connectivity index (χ4v) is 4.06. The van der Waals surface area contributed by atoms with Crippen molar-refractivity contribution in [1.82, 2.24) is 10.3 Å². The first-order valence-corrected chi connectivity index (χ1v) is 8.52. The Morgan fingerprint density at radius 2 is 2.25 bits per heavy atom. The lowest BCUT2D eigenvalue weighted by Gasteiger charge is -2.10. The average molecular weight is 297 g/mol. The minimum Gasteiger partial charge on any atom is -0.370 e. The molecule has 0 bridgehead atoms. The van der Waals surface area contributed by atoms with Crippen LogP contribution in [0.1, 0.15) is 23.8 Å². The van der Waals surface area contributed by atoms with Gasteiger partial charge in [0.05, 0.1) is 11.5 Å². The van der Waals surface area contributed by atoms with E-state index in [1.54, 1.807) is 18.2 Å². The van der Waals surface area contributed by atoms with Gasteiger partial charge in [-0.3, -0.25) is 4.79 Å². The second-order valence-corrected chi connectivity index (χ2v) is 7.15. The highest BCUT2D eigenvalue weighted by atomic mass is 32.2. The normalized spacial score (nSPS) is 20.6. The van der Waals surface area contributed by atoms with E-state index in [0.29, 0.717) is 24.5 Å². The minimum atomic E-state index is -2.90. The Bertz CT molecular complexity index is 586. The van der Waals surface area contributed by atoms with Crippen molar-refractivity contribution in [3.05, 3.63) is 23.9 Å². The summed E-state index contributed by atoms with van der Waals surface area (Å²) in [5.41, 5.74) is 0.337. The lowest BCUT2D eigenvalue weighted by molar-refractivity contribution is 0.0943. The molecule has 1 saturated heterocycles. The van der Waals surface area contributed by atoms with E-state index in [-0.39, 0.29) is 23.3 Å². The summed E-state index contributed by atoms with van der Waals surface area (Å²) >= 11 is 0. The number of hydrogen-bond donors (Lipinski definition) is 2. The van der Waals surface area contributed by atoms with Crippen LogP contribution in [0.2, 0.25) is 0 Å². The molecule has 1 aliphatic heterocycles. The number of anilines is 1. The van der Waals surface area contributed by atoms with Crippen LogP contribution in [0.4, 0.5) is 5.82 Å². The van der Waals surface area contributed by atoms with Crippen molar-refractivity contribution in [3.8, 4) is 0 Å². The molecule has 2 N–H and O–H groups in total. The van der Waals surface area contributed by atoms with Crippen molar-refractivity contribution in [2.75, 3.05) is 29.9 Å². The van der Waals surface area contributed by atoms with Crippen LogP contribution in [0.5, 0.6) is 0 Å². The van der Waals surface area contributed by atoms with Crippen molar-refractivity contribution in [2.24, 2.45) is 5.92 Å². The van der Waals surface area contributed by atoms with Gasteiger partial charge in [-0.1, -0.05) is 6.07 Å². The fraction of sp³-hybridized carbons (Fsp3) is 0.538. The summed E-state index contributed by atoms with van der Waals surface area (Å²) in [7, 11) is -2.90. The van der Waals surface area contributed by atoms with Crippen LogP contribution in [-0.4, -0.2) is 43.9 Å². The molecule has 2 rings (SSSR count). The van der Waals surface area contributed by atoms with E-state index in [4.69, 9.17) is 0 Å². The Balaban J connectivity index is 1.90. The Kier molecular flexibility index (Phi) is 4.59. The van der Waals surface area contributed by atoms with Crippen LogP contribution in [0.3, 0.4) is 0 Å². The summed E-state index contributed by atoms with van der Waals surface area (Å²) in [6.45, 7) is 3.07. The molecule has 7 heteroatoms. The molecule has 1 atom stereocenters. The summed E-state index contributed by atoms with van der Waals surface area (Å²) in [4.78, 5) is 16.2. The van der Waals surface area contributed by atoms with E-state index in [1.807, 2.05) is 6.92 Å². The van der Waals surface area contributed by atoms with Crippen LogP contribution < -0.4 is 10.6 Å². The molecule has 110 valence electrons. The maximum Gasteiger partial charge on any atom is 0.269 e. The van der Waals surface area contributed by atoms with Gasteiger partial charge >= 0.3 is 0 Å². The van der Waals surface area contributed by atoms with Crippen molar-refractivity contribution < 1.29 is 13.2 Å². The fourth-order valence-electron chi connectivity index (χ4n) is 2.20. The molecule has 1 aliphatic rings. The topological polar surface area (TPSA) is 88.2 Å². The average Bonchev–Trinajstić information content (AvgIpc) is 2.76. The summed E-state index contributed by atoms with van der Waals surface area (Å²) in [5, 5.41) is 5.79. The summed E-state index contributed by atoms with van der Waals surface area (Å²) in [6, 6.07) is 5.20. The number of pyridine rings is 1. The van der Waals surface area contributed by atoms with Crippen molar-refractivity contribution in [1.29, 1.82) is 0 Å². The van der Waals surface area contributed by atoms with Gasteiger partial charge in [0.1, 0.15) is 11.5 Å². The van der Waals surface area contributed by atoms with Crippen molar-refractivity contribution in [3.63, 3.8) is 0 Å². The second kappa shape index (κ2) is 6.21. The summed E-state index contributed by atoms with van der Waals surface area (Å²) in [5.74, 6) is 0.790. The predicted octanol–water partition coefficient (Wildman–Crippen LogP) is 0.678. The first kappa shape index (κ1) is 14.8. The van der Waals surface area contributed by atoms with E-state index < -0.39 is 9.84 Å². The minimum absolute atomic E-state index is 0.0147. The largest absolute Gasteiger partial charge is 0.370 e. The third-order valence-corrected chi connectivity index (χ3v) is 5.05. The number of nitrogens with zero attached hydrogens (tertiary/aromatic N) is 1. The third-order valence-electron chi connectivity index (χ3n) is 3.22. The highest BCUT2D eigenvalue weighted by molar-refractivity contribution is 7.91. The molecular weight excluding hydrogens is 278 g/mol. The number of carbonyl (C=O) groups excluding carboxylic acids is 1.